The Bertz CT molecular complexity index is 515. The fourth-order valence-corrected chi connectivity index (χ4v) is 4.47. The molecule has 1 aliphatic rings. The molecule has 1 aromatic rings. The minimum atomic E-state index is -3.40. The van der Waals surface area contributed by atoms with Gasteiger partial charge < -0.3 is 5.11 Å². The monoisotopic (exact) mass is 347 g/mol. The summed E-state index contributed by atoms with van der Waals surface area (Å²) in [7, 11) is -3.40. The lowest BCUT2D eigenvalue weighted by Gasteiger charge is -2.24. The summed E-state index contributed by atoms with van der Waals surface area (Å²) in [6, 6.07) is 6.76. The average molecular weight is 348 g/mol. The fourth-order valence-electron chi connectivity index (χ4n) is 2.48. The van der Waals surface area contributed by atoms with Crippen LogP contribution in [0.25, 0.3) is 0 Å². The fraction of sp³-hybridized carbons (Fsp3) is 0.538. The quantitative estimate of drug-likeness (QED) is 0.889. The normalized spacial score (nSPS) is 20.8. The summed E-state index contributed by atoms with van der Waals surface area (Å²) < 4.78 is 27.6. The predicted octanol–water partition coefficient (Wildman–Crippen LogP) is 2.37. The van der Waals surface area contributed by atoms with E-state index in [0.717, 1.165) is 23.7 Å². The lowest BCUT2D eigenvalue weighted by Crippen LogP contribution is -2.35. The van der Waals surface area contributed by atoms with E-state index in [-0.39, 0.29) is 12.6 Å². The maximum Gasteiger partial charge on any atom is 0.243 e. The van der Waals surface area contributed by atoms with Crippen LogP contribution in [0.1, 0.15) is 25.7 Å². The molecule has 0 bridgehead atoms. The van der Waals surface area contributed by atoms with E-state index in [2.05, 4.69) is 15.9 Å². The molecule has 6 heteroatoms. The molecule has 1 aromatic carbocycles. The first-order chi connectivity index (χ1) is 9.05. The van der Waals surface area contributed by atoms with Crippen molar-refractivity contribution < 1.29 is 13.5 Å². The molecule has 1 atom stereocenters. The van der Waals surface area contributed by atoms with Crippen molar-refractivity contribution in [3.63, 3.8) is 0 Å². The van der Waals surface area contributed by atoms with Crippen molar-refractivity contribution in [3.05, 3.63) is 28.7 Å². The van der Waals surface area contributed by atoms with Crippen LogP contribution in [0.2, 0.25) is 0 Å². The Hall–Kier alpha value is -0.430. The van der Waals surface area contributed by atoms with Crippen molar-refractivity contribution >= 4 is 26.0 Å². The third-order valence-electron chi connectivity index (χ3n) is 3.44. The molecule has 1 fully saturated rings. The lowest BCUT2D eigenvalue weighted by molar-refractivity contribution is 0.264. The number of nitrogens with zero attached hydrogens (tertiary/aromatic N) is 1. The summed E-state index contributed by atoms with van der Waals surface area (Å²) >= 11 is 3.31. The molecule has 0 aromatic heterocycles. The van der Waals surface area contributed by atoms with E-state index in [0.29, 0.717) is 17.9 Å². The van der Waals surface area contributed by atoms with Gasteiger partial charge in [0, 0.05) is 23.7 Å². The maximum absolute atomic E-state index is 12.6. The number of benzene rings is 1. The van der Waals surface area contributed by atoms with Gasteiger partial charge in [-0.25, -0.2) is 8.42 Å². The molecule has 19 heavy (non-hydrogen) atoms. The minimum Gasteiger partial charge on any atom is -0.396 e. The van der Waals surface area contributed by atoms with Crippen LogP contribution >= 0.6 is 15.9 Å². The zero-order chi connectivity index (χ0) is 13.9. The molecule has 1 heterocycles. The van der Waals surface area contributed by atoms with Crippen molar-refractivity contribution in [1.29, 1.82) is 0 Å². The van der Waals surface area contributed by atoms with Crippen molar-refractivity contribution in [2.24, 2.45) is 0 Å². The van der Waals surface area contributed by atoms with Gasteiger partial charge in [-0.3, -0.25) is 0 Å². The summed E-state index contributed by atoms with van der Waals surface area (Å²) in [6.07, 6.45) is 3.16. The van der Waals surface area contributed by atoms with Crippen LogP contribution in [0.5, 0.6) is 0 Å². The second-order valence-corrected chi connectivity index (χ2v) is 7.54. The first kappa shape index (κ1) is 15.0. The van der Waals surface area contributed by atoms with Crippen molar-refractivity contribution in [1.82, 2.24) is 4.31 Å². The Balaban J connectivity index is 2.21. The number of aliphatic hydroxyl groups is 1. The molecule has 0 amide bonds. The largest absolute Gasteiger partial charge is 0.396 e. The van der Waals surface area contributed by atoms with Crippen LogP contribution in [0.15, 0.2) is 33.6 Å². The molecule has 0 aliphatic carbocycles. The van der Waals surface area contributed by atoms with Gasteiger partial charge in [0.05, 0.1) is 4.90 Å². The Kier molecular flexibility index (Phi) is 5.00. The molecule has 0 saturated carbocycles. The highest BCUT2D eigenvalue weighted by Crippen LogP contribution is 2.29. The molecule has 1 N–H and O–H groups in total. The Morgan fingerprint density at radius 3 is 2.63 bits per heavy atom. The highest BCUT2D eigenvalue weighted by Gasteiger charge is 2.34. The Morgan fingerprint density at radius 1 is 1.32 bits per heavy atom. The first-order valence-corrected chi connectivity index (χ1v) is 8.67. The molecule has 0 radical (unpaired) electrons. The van der Waals surface area contributed by atoms with Crippen LogP contribution in [0, 0.1) is 0 Å². The highest BCUT2D eigenvalue weighted by molar-refractivity contribution is 9.10. The minimum absolute atomic E-state index is 0.0285. The molecule has 4 nitrogen and oxygen atoms in total. The standard InChI is InChI=1S/C13H18BrNO3S/c14-11-5-7-13(8-6-11)19(17,18)15-9-1-3-12(15)4-2-10-16/h5-8,12,16H,1-4,9-10H2. The summed E-state index contributed by atoms with van der Waals surface area (Å²) in [5, 5.41) is 8.89. The van der Waals surface area contributed by atoms with Crippen molar-refractivity contribution in [2.45, 2.75) is 36.6 Å². The van der Waals surface area contributed by atoms with Gasteiger partial charge in [-0.2, -0.15) is 4.31 Å². The molecule has 1 aliphatic heterocycles. The number of sulfonamides is 1. The van der Waals surface area contributed by atoms with E-state index in [9.17, 15) is 8.42 Å². The molecule has 106 valence electrons. The molecular formula is C13H18BrNO3S. The van der Waals surface area contributed by atoms with Crippen LogP contribution < -0.4 is 0 Å². The maximum atomic E-state index is 12.6. The van der Waals surface area contributed by atoms with Crippen molar-refractivity contribution in [3.8, 4) is 0 Å². The van der Waals surface area contributed by atoms with Gasteiger partial charge >= 0.3 is 0 Å². The van der Waals surface area contributed by atoms with E-state index in [1.54, 1.807) is 28.6 Å². The molecule has 0 spiro atoms. The van der Waals surface area contributed by atoms with Gasteiger partial charge in [-0.1, -0.05) is 15.9 Å². The summed E-state index contributed by atoms with van der Waals surface area (Å²) in [5.74, 6) is 0. The van der Waals surface area contributed by atoms with Gasteiger partial charge in [0.25, 0.3) is 0 Å². The average Bonchev–Trinajstić information content (AvgIpc) is 2.86. The van der Waals surface area contributed by atoms with E-state index in [4.69, 9.17) is 5.11 Å². The highest BCUT2D eigenvalue weighted by atomic mass is 79.9. The molecule has 1 unspecified atom stereocenters. The first-order valence-electron chi connectivity index (χ1n) is 6.44. The van der Waals surface area contributed by atoms with Crippen LogP contribution in [0.3, 0.4) is 0 Å². The summed E-state index contributed by atoms with van der Waals surface area (Å²) in [6.45, 7) is 0.692. The van der Waals surface area contributed by atoms with E-state index in [1.165, 1.54) is 0 Å². The molecular weight excluding hydrogens is 330 g/mol. The van der Waals surface area contributed by atoms with Gasteiger partial charge in [0.2, 0.25) is 10.0 Å². The van der Waals surface area contributed by atoms with Gasteiger partial charge in [0.15, 0.2) is 0 Å². The van der Waals surface area contributed by atoms with E-state index in [1.807, 2.05) is 0 Å². The third-order valence-corrected chi connectivity index (χ3v) is 5.93. The van der Waals surface area contributed by atoms with Crippen LogP contribution in [-0.4, -0.2) is 37.0 Å². The Labute approximate surface area is 122 Å². The van der Waals surface area contributed by atoms with E-state index < -0.39 is 10.0 Å². The number of aliphatic hydroxyl groups excluding tert-OH is 1. The SMILES string of the molecule is O=S(=O)(c1ccc(Br)cc1)N1CCCC1CCCO. The van der Waals surface area contributed by atoms with Gasteiger partial charge in [-0.05, 0) is 49.9 Å². The third kappa shape index (κ3) is 3.37. The van der Waals surface area contributed by atoms with Crippen LogP contribution in [0.4, 0.5) is 0 Å². The predicted molar refractivity (Wildman–Crippen MR) is 77.4 cm³/mol. The summed E-state index contributed by atoms with van der Waals surface area (Å²) in [5.41, 5.74) is 0. The number of halogens is 1. The van der Waals surface area contributed by atoms with Gasteiger partial charge in [-0.15, -0.1) is 0 Å². The zero-order valence-corrected chi connectivity index (χ0v) is 13.0. The smallest absolute Gasteiger partial charge is 0.243 e. The number of hydrogen-bond donors (Lipinski definition) is 1. The Morgan fingerprint density at radius 2 is 2.00 bits per heavy atom. The summed E-state index contributed by atoms with van der Waals surface area (Å²) in [4.78, 5) is 0.339. The molecule has 1 saturated heterocycles. The zero-order valence-electron chi connectivity index (χ0n) is 10.6. The van der Waals surface area contributed by atoms with Crippen LogP contribution in [-0.2, 0) is 10.0 Å². The van der Waals surface area contributed by atoms with Crippen molar-refractivity contribution in [2.75, 3.05) is 13.2 Å². The molecule has 2 rings (SSSR count). The van der Waals surface area contributed by atoms with Gasteiger partial charge in [0.1, 0.15) is 0 Å². The van der Waals surface area contributed by atoms with E-state index >= 15 is 0 Å². The lowest BCUT2D eigenvalue weighted by atomic mass is 10.1. The topological polar surface area (TPSA) is 57.6 Å². The number of hydrogen-bond acceptors (Lipinski definition) is 3. The second kappa shape index (κ2) is 6.35. The number of rotatable bonds is 5. The second-order valence-electron chi connectivity index (χ2n) is 4.73.